The van der Waals surface area contributed by atoms with Crippen molar-refractivity contribution in [1.29, 1.82) is 0 Å². The summed E-state index contributed by atoms with van der Waals surface area (Å²) in [5.41, 5.74) is 1.15. The van der Waals surface area contributed by atoms with Crippen molar-refractivity contribution in [2.45, 2.75) is 106 Å². The van der Waals surface area contributed by atoms with E-state index in [9.17, 15) is 4.79 Å². The second-order valence-electron chi connectivity index (χ2n) is 6.06. The molecule has 1 unspecified atom stereocenters. The molecule has 1 aliphatic rings. The molecule has 1 fully saturated rings. The van der Waals surface area contributed by atoms with E-state index in [1.54, 1.807) is 0 Å². The van der Waals surface area contributed by atoms with Crippen LogP contribution in [-0.2, 0) is 11.3 Å². The zero-order chi connectivity index (χ0) is 22.2. The maximum absolute atomic E-state index is 11.2. The fourth-order valence-electron chi connectivity index (χ4n) is 1.28. The molecule has 1 aliphatic heterocycles. The molecular formula is C24H46N2OS. The number of benzene rings is 1. The third kappa shape index (κ3) is 21.0. The summed E-state index contributed by atoms with van der Waals surface area (Å²) in [5.74, 6) is 0.0480. The number of rotatable bonds is 4. The molecule has 0 radical (unpaired) electrons. The Labute approximate surface area is 180 Å². The molecule has 0 aliphatic carbocycles. The first-order valence-electron chi connectivity index (χ1n) is 11.1. The minimum atomic E-state index is -0.0143. The minimum Gasteiger partial charge on any atom is -0.304 e. The lowest BCUT2D eigenvalue weighted by atomic mass is 10.2. The first kappa shape index (κ1) is 31.4. The van der Waals surface area contributed by atoms with Gasteiger partial charge in [-0.05, 0) is 12.5 Å². The van der Waals surface area contributed by atoms with Crippen molar-refractivity contribution in [2.75, 3.05) is 0 Å². The molecule has 1 atom stereocenters. The van der Waals surface area contributed by atoms with Gasteiger partial charge in [0.25, 0.3) is 0 Å². The maximum atomic E-state index is 11.2. The van der Waals surface area contributed by atoms with Gasteiger partial charge in [0.05, 0.1) is 11.8 Å². The van der Waals surface area contributed by atoms with Gasteiger partial charge in [-0.1, -0.05) is 130 Å². The number of nitrogens with one attached hydrogen (secondary N) is 1. The van der Waals surface area contributed by atoms with Gasteiger partial charge < -0.3 is 5.32 Å². The Hall–Kier alpha value is -1.29. The topological polar surface area (TPSA) is 41.5 Å². The van der Waals surface area contributed by atoms with Crippen LogP contribution in [-0.4, -0.2) is 16.3 Å². The van der Waals surface area contributed by atoms with Gasteiger partial charge in [0.2, 0.25) is 5.91 Å². The van der Waals surface area contributed by atoms with Crippen LogP contribution in [0.4, 0.5) is 0 Å². The van der Waals surface area contributed by atoms with Crippen LogP contribution >= 0.6 is 11.8 Å². The molecule has 164 valence electrons. The molecule has 1 aromatic rings. The van der Waals surface area contributed by atoms with E-state index in [2.05, 4.69) is 51.9 Å². The first-order chi connectivity index (χ1) is 13.5. The number of carbonyl (C=O) groups is 1. The van der Waals surface area contributed by atoms with Crippen LogP contribution in [0, 0.1) is 0 Å². The molecule has 28 heavy (non-hydrogen) atoms. The predicted octanol–water partition coefficient (Wildman–Crippen LogP) is 7.85. The molecular weight excluding hydrogens is 364 g/mol. The van der Waals surface area contributed by atoms with E-state index in [4.69, 9.17) is 0 Å². The molecule has 0 bridgehead atoms. The van der Waals surface area contributed by atoms with Crippen LogP contribution < -0.4 is 5.32 Å². The number of thioether (sulfide) groups is 1. The third-order valence-electron chi connectivity index (χ3n) is 3.14. The Morgan fingerprint density at radius 2 is 1.32 bits per heavy atom. The first-order valence-corrected chi connectivity index (χ1v) is 11.9. The molecule has 0 spiro atoms. The van der Waals surface area contributed by atoms with E-state index in [0.29, 0.717) is 6.54 Å². The van der Waals surface area contributed by atoms with Crippen LogP contribution in [0.5, 0.6) is 0 Å². The standard InChI is InChI=1S/C11H12N2OS.2C4H10.C3H8.C2H6/c1-8-10(14)13-11(15-8)12-7-9-5-3-2-4-6-9;2*1-3-4-2;1-3-2;1-2/h2-6,8H,7H2,1H3,(H,12,13,14);2*3-4H2,1-2H3;3H2,1-2H3;1-2H3. The summed E-state index contributed by atoms with van der Waals surface area (Å²) in [4.78, 5) is 15.5. The van der Waals surface area contributed by atoms with Crippen molar-refractivity contribution in [3.63, 3.8) is 0 Å². The van der Waals surface area contributed by atoms with Crippen LogP contribution in [0.25, 0.3) is 0 Å². The van der Waals surface area contributed by atoms with Gasteiger partial charge in [0, 0.05) is 0 Å². The molecule has 1 N–H and O–H groups in total. The lowest BCUT2D eigenvalue weighted by molar-refractivity contribution is -0.118. The summed E-state index contributed by atoms with van der Waals surface area (Å²) in [6.45, 7) is 19.5. The van der Waals surface area contributed by atoms with E-state index in [1.165, 1.54) is 43.9 Å². The van der Waals surface area contributed by atoms with Crippen molar-refractivity contribution in [3.05, 3.63) is 35.9 Å². The molecule has 1 aromatic carbocycles. The quantitative estimate of drug-likeness (QED) is 0.549. The third-order valence-corrected chi connectivity index (χ3v) is 4.16. The van der Waals surface area contributed by atoms with Crippen LogP contribution in [0.2, 0.25) is 0 Å². The summed E-state index contributed by atoms with van der Waals surface area (Å²) in [6.07, 6.45) is 6.53. The monoisotopic (exact) mass is 410 g/mol. The Kier molecular flexibility index (Phi) is 28.8. The van der Waals surface area contributed by atoms with Crippen molar-refractivity contribution in [1.82, 2.24) is 5.32 Å². The van der Waals surface area contributed by atoms with Gasteiger partial charge in [-0.2, -0.15) is 0 Å². The fraction of sp³-hybridized carbons (Fsp3) is 0.667. The molecule has 1 saturated heterocycles. The number of aliphatic imine (C=N–C) groups is 1. The Bertz CT molecular complexity index is 453. The molecule has 3 nitrogen and oxygen atoms in total. The van der Waals surface area contributed by atoms with Gasteiger partial charge in [-0.3, -0.25) is 9.79 Å². The number of amidine groups is 1. The number of hydrogen-bond donors (Lipinski definition) is 1. The summed E-state index contributed by atoms with van der Waals surface area (Å²) < 4.78 is 0. The van der Waals surface area contributed by atoms with Crippen molar-refractivity contribution < 1.29 is 4.79 Å². The minimum absolute atomic E-state index is 0.0143. The Morgan fingerprint density at radius 1 is 0.893 bits per heavy atom. The van der Waals surface area contributed by atoms with Crippen molar-refractivity contribution in [3.8, 4) is 0 Å². The largest absolute Gasteiger partial charge is 0.304 e. The Balaban J connectivity index is -0.000000400. The fourth-order valence-corrected chi connectivity index (χ4v) is 2.08. The Morgan fingerprint density at radius 3 is 1.64 bits per heavy atom. The van der Waals surface area contributed by atoms with E-state index in [1.807, 2.05) is 51.1 Å². The number of unbranched alkanes of at least 4 members (excludes halogenated alkanes) is 2. The molecule has 0 aromatic heterocycles. The lowest BCUT2D eigenvalue weighted by Gasteiger charge is -1.97. The summed E-state index contributed by atoms with van der Waals surface area (Å²) in [5, 5.41) is 3.47. The SMILES string of the molecule is CC.CC1SC(=NCc2ccccc2)NC1=O.CCC.CCCC.CCCC. The highest BCUT2D eigenvalue weighted by atomic mass is 32.2. The van der Waals surface area contributed by atoms with Gasteiger partial charge in [0.15, 0.2) is 5.17 Å². The molecule has 1 heterocycles. The number of amides is 1. The van der Waals surface area contributed by atoms with Crippen molar-refractivity contribution >= 4 is 22.8 Å². The van der Waals surface area contributed by atoms with Gasteiger partial charge in [-0.25, -0.2) is 0 Å². The highest BCUT2D eigenvalue weighted by Crippen LogP contribution is 2.18. The summed E-state index contributed by atoms with van der Waals surface area (Å²) in [6, 6.07) is 9.99. The van der Waals surface area contributed by atoms with E-state index in [-0.39, 0.29) is 11.2 Å². The normalized spacial score (nSPS) is 15.4. The van der Waals surface area contributed by atoms with E-state index < -0.39 is 0 Å². The maximum Gasteiger partial charge on any atom is 0.239 e. The van der Waals surface area contributed by atoms with Crippen LogP contribution in [0.1, 0.15) is 100.0 Å². The highest BCUT2D eigenvalue weighted by molar-refractivity contribution is 8.15. The molecule has 2 rings (SSSR count). The second-order valence-corrected chi connectivity index (χ2v) is 7.39. The van der Waals surface area contributed by atoms with Gasteiger partial charge >= 0.3 is 0 Å². The summed E-state index contributed by atoms with van der Waals surface area (Å²) in [7, 11) is 0. The molecule has 0 saturated carbocycles. The van der Waals surface area contributed by atoms with Crippen LogP contribution in [0.3, 0.4) is 0 Å². The average Bonchev–Trinajstić information content (AvgIpc) is 3.07. The number of carbonyl (C=O) groups excluding carboxylic acids is 1. The van der Waals surface area contributed by atoms with E-state index >= 15 is 0 Å². The molecule has 4 heteroatoms. The zero-order valence-electron chi connectivity index (χ0n) is 20.0. The predicted molar refractivity (Wildman–Crippen MR) is 131 cm³/mol. The van der Waals surface area contributed by atoms with Gasteiger partial charge in [-0.15, -0.1) is 0 Å². The highest BCUT2D eigenvalue weighted by Gasteiger charge is 2.25. The van der Waals surface area contributed by atoms with Gasteiger partial charge in [0.1, 0.15) is 0 Å². The van der Waals surface area contributed by atoms with Crippen LogP contribution in [0.15, 0.2) is 35.3 Å². The average molecular weight is 411 g/mol. The second kappa shape index (κ2) is 25.7. The smallest absolute Gasteiger partial charge is 0.239 e. The number of nitrogens with zero attached hydrogens (tertiary/aromatic N) is 1. The number of hydrogen-bond acceptors (Lipinski definition) is 3. The zero-order valence-corrected chi connectivity index (χ0v) is 20.8. The lowest BCUT2D eigenvalue weighted by Crippen LogP contribution is -2.23. The van der Waals surface area contributed by atoms with Crippen molar-refractivity contribution in [2.24, 2.45) is 4.99 Å². The molecule has 1 amide bonds. The van der Waals surface area contributed by atoms with E-state index in [0.717, 1.165) is 10.7 Å². The summed E-state index contributed by atoms with van der Waals surface area (Å²) >= 11 is 1.48.